The van der Waals surface area contributed by atoms with Crippen molar-refractivity contribution in [3.8, 4) is 16.9 Å². The van der Waals surface area contributed by atoms with Crippen LogP contribution in [0, 0.1) is 6.92 Å². The first-order chi connectivity index (χ1) is 8.08. The molecule has 1 heterocycles. The molecule has 0 aliphatic rings. The van der Waals surface area contributed by atoms with Gasteiger partial charge in [0.15, 0.2) is 0 Å². The minimum absolute atomic E-state index is 0.109. The number of aromatic nitrogens is 1. The lowest BCUT2D eigenvalue weighted by Crippen LogP contribution is -2.06. The van der Waals surface area contributed by atoms with Crippen LogP contribution in [0.4, 0.5) is 5.88 Å². The van der Waals surface area contributed by atoms with Gasteiger partial charge < -0.3 is 15.0 Å². The van der Waals surface area contributed by atoms with Crippen molar-refractivity contribution >= 4 is 5.88 Å². The number of hydrogen-bond donors (Lipinski definition) is 1. The molecule has 0 saturated heterocycles. The maximum Gasteiger partial charge on any atom is 0.230 e. The van der Waals surface area contributed by atoms with Crippen molar-refractivity contribution in [2.75, 3.05) is 5.73 Å². The van der Waals surface area contributed by atoms with Crippen LogP contribution in [0.15, 0.2) is 28.9 Å². The van der Waals surface area contributed by atoms with E-state index in [0.29, 0.717) is 5.88 Å². The quantitative estimate of drug-likeness (QED) is 0.883. The van der Waals surface area contributed by atoms with Crippen LogP contribution in [0.1, 0.15) is 19.4 Å². The fourth-order valence-corrected chi connectivity index (χ4v) is 1.66. The average molecular weight is 232 g/mol. The summed E-state index contributed by atoms with van der Waals surface area (Å²) in [6.07, 6.45) is 1.72. The van der Waals surface area contributed by atoms with E-state index in [1.165, 1.54) is 0 Å². The van der Waals surface area contributed by atoms with Gasteiger partial charge >= 0.3 is 0 Å². The topological polar surface area (TPSA) is 61.3 Å². The zero-order valence-corrected chi connectivity index (χ0v) is 10.2. The molecule has 0 radical (unpaired) electrons. The second-order valence-electron chi connectivity index (χ2n) is 4.27. The highest BCUT2D eigenvalue weighted by molar-refractivity contribution is 5.77. The minimum Gasteiger partial charge on any atom is -0.490 e. The van der Waals surface area contributed by atoms with E-state index in [2.05, 4.69) is 5.16 Å². The smallest absolute Gasteiger partial charge is 0.230 e. The predicted molar refractivity (Wildman–Crippen MR) is 66.9 cm³/mol. The molecule has 0 aliphatic carbocycles. The number of hydrogen-bond acceptors (Lipinski definition) is 4. The molecular weight excluding hydrogens is 216 g/mol. The molecule has 0 amide bonds. The lowest BCUT2D eigenvalue weighted by Gasteiger charge is -2.14. The third-order valence-electron chi connectivity index (χ3n) is 2.39. The van der Waals surface area contributed by atoms with Crippen molar-refractivity contribution < 1.29 is 9.26 Å². The number of anilines is 1. The van der Waals surface area contributed by atoms with Crippen LogP contribution in [-0.4, -0.2) is 11.3 Å². The molecule has 4 heteroatoms. The third kappa shape index (κ3) is 2.41. The van der Waals surface area contributed by atoms with Gasteiger partial charge in [-0.2, -0.15) is 0 Å². The Morgan fingerprint density at radius 1 is 1.29 bits per heavy atom. The van der Waals surface area contributed by atoms with Crippen LogP contribution in [0.25, 0.3) is 11.1 Å². The van der Waals surface area contributed by atoms with E-state index in [9.17, 15) is 0 Å². The summed E-state index contributed by atoms with van der Waals surface area (Å²) in [6, 6.07) is 5.96. The van der Waals surface area contributed by atoms with Crippen molar-refractivity contribution in [1.29, 1.82) is 0 Å². The second-order valence-corrected chi connectivity index (χ2v) is 4.27. The summed E-state index contributed by atoms with van der Waals surface area (Å²) in [4.78, 5) is 0. The van der Waals surface area contributed by atoms with Crippen molar-refractivity contribution in [3.63, 3.8) is 0 Å². The standard InChI is InChI=1S/C13H16N2O2/c1-8(2)16-12-5-4-9(3)6-10(12)11-7-15-17-13(11)14/h4-8H,14H2,1-3H3. The Morgan fingerprint density at radius 2 is 2.06 bits per heavy atom. The maximum absolute atomic E-state index is 5.75. The number of nitrogen functional groups attached to an aromatic ring is 1. The Balaban J connectivity index is 2.51. The summed E-state index contributed by atoms with van der Waals surface area (Å²) in [6.45, 7) is 5.99. The summed E-state index contributed by atoms with van der Waals surface area (Å²) in [7, 11) is 0. The Morgan fingerprint density at radius 3 is 2.65 bits per heavy atom. The number of aryl methyl sites for hydroxylation is 1. The first-order valence-electron chi connectivity index (χ1n) is 5.55. The third-order valence-corrected chi connectivity index (χ3v) is 2.39. The number of rotatable bonds is 3. The highest BCUT2D eigenvalue weighted by atomic mass is 16.5. The Hall–Kier alpha value is -1.97. The van der Waals surface area contributed by atoms with E-state index in [1.807, 2.05) is 39.0 Å². The zero-order chi connectivity index (χ0) is 12.4. The van der Waals surface area contributed by atoms with Gasteiger partial charge in [-0.1, -0.05) is 16.8 Å². The Kier molecular flexibility index (Phi) is 3.04. The molecule has 0 aliphatic heterocycles. The molecule has 0 saturated carbocycles. The molecule has 90 valence electrons. The number of nitrogens with zero attached hydrogens (tertiary/aromatic N) is 1. The largest absolute Gasteiger partial charge is 0.490 e. The highest BCUT2D eigenvalue weighted by Gasteiger charge is 2.13. The van der Waals surface area contributed by atoms with Crippen LogP contribution in [0.5, 0.6) is 5.75 Å². The maximum atomic E-state index is 5.75. The normalized spacial score (nSPS) is 10.8. The van der Waals surface area contributed by atoms with Gasteiger partial charge in [0, 0.05) is 5.56 Å². The first kappa shape index (κ1) is 11.5. The van der Waals surface area contributed by atoms with Crippen LogP contribution in [-0.2, 0) is 0 Å². The lowest BCUT2D eigenvalue weighted by molar-refractivity contribution is 0.243. The summed E-state index contributed by atoms with van der Waals surface area (Å²) < 4.78 is 10.6. The van der Waals surface area contributed by atoms with Crippen LogP contribution in [0.3, 0.4) is 0 Å². The summed E-state index contributed by atoms with van der Waals surface area (Å²) in [5.41, 5.74) is 8.56. The van der Waals surface area contributed by atoms with Crippen LogP contribution >= 0.6 is 0 Å². The Bertz CT molecular complexity index is 518. The fourth-order valence-electron chi connectivity index (χ4n) is 1.66. The van der Waals surface area contributed by atoms with Gasteiger partial charge in [-0.25, -0.2) is 0 Å². The van der Waals surface area contributed by atoms with Crippen molar-refractivity contribution in [2.45, 2.75) is 26.9 Å². The summed E-state index contributed by atoms with van der Waals surface area (Å²) in [5, 5.41) is 3.69. The molecule has 0 spiro atoms. The van der Waals surface area contributed by atoms with E-state index in [4.69, 9.17) is 15.0 Å². The molecule has 2 N–H and O–H groups in total. The van der Waals surface area contributed by atoms with Gasteiger partial charge in [-0.3, -0.25) is 0 Å². The minimum atomic E-state index is 0.109. The molecular formula is C13H16N2O2. The zero-order valence-electron chi connectivity index (χ0n) is 10.2. The molecule has 0 fully saturated rings. The average Bonchev–Trinajstić information content (AvgIpc) is 2.66. The summed E-state index contributed by atoms with van der Waals surface area (Å²) in [5.74, 6) is 1.10. The monoisotopic (exact) mass is 232 g/mol. The SMILES string of the molecule is Cc1ccc(OC(C)C)c(-c2cnoc2N)c1. The Labute approximate surface area is 100 Å². The predicted octanol–water partition coefficient (Wildman–Crippen LogP) is 3.02. The van der Waals surface area contributed by atoms with E-state index >= 15 is 0 Å². The molecule has 0 bridgehead atoms. The molecule has 1 aromatic carbocycles. The number of nitrogens with two attached hydrogens (primary N) is 1. The highest BCUT2D eigenvalue weighted by Crippen LogP contribution is 2.34. The molecule has 4 nitrogen and oxygen atoms in total. The first-order valence-corrected chi connectivity index (χ1v) is 5.55. The van der Waals surface area contributed by atoms with Gasteiger partial charge in [0.2, 0.25) is 5.88 Å². The van der Waals surface area contributed by atoms with Gasteiger partial charge in [-0.15, -0.1) is 0 Å². The van der Waals surface area contributed by atoms with Crippen LogP contribution < -0.4 is 10.5 Å². The van der Waals surface area contributed by atoms with E-state index < -0.39 is 0 Å². The second kappa shape index (κ2) is 4.49. The number of benzene rings is 1. The summed E-state index contributed by atoms with van der Waals surface area (Å²) >= 11 is 0. The van der Waals surface area contributed by atoms with Crippen molar-refractivity contribution in [1.82, 2.24) is 5.16 Å². The van der Waals surface area contributed by atoms with Gasteiger partial charge in [0.25, 0.3) is 0 Å². The molecule has 0 unspecified atom stereocenters. The molecule has 0 atom stereocenters. The van der Waals surface area contributed by atoms with Gasteiger partial charge in [-0.05, 0) is 32.9 Å². The van der Waals surface area contributed by atoms with Gasteiger partial charge in [0.05, 0.1) is 17.9 Å². The lowest BCUT2D eigenvalue weighted by atomic mass is 10.0. The fraction of sp³-hybridized carbons (Fsp3) is 0.308. The number of ether oxygens (including phenoxy) is 1. The van der Waals surface area contributed by atoms with Gasteiger partial charge in [0.1, 0.15) is 5.75 Å². The van der Waals surface area contributed by atoms with Crippen LogP contribution in [0.2, 0.25) is 0 Å². The van der Waals surface area contributed by atoms with E-state index in [0.717, 1.165) is 22.4 Å². The molecule has 1 aromatic heterocycles. The van der Waals surface area contributed by atoms with Crippen molar-refractivity contribution in [2.24, 2.45) is 0 Å². The molecule has 2 rings (SSSR count). The molecule has 17 heavy (non-hydrogen) atoms. The van der Waals surface area contributed by atoms with Crippen molar-refractivity contribution in [3.05, 3.63) is 30.0 Å². The molecule has 2 aromatic rings. The van der Waals surface area contributed by atoms with E-state index in [1.54, 1.807) is 6.20 Å². The van der Waals surface area contributed by atoms with E-state index in [-0.39, 0.29) is 6.10 Å².